The second-order valence-electron chi connectivity index (χ2n) is 6.88. The molecule has 0 atom stereocenters. The van der Waals surface area contributed by atoms with E-state index in [-0.39, 0.29) is 32.8 Å². The van der Waals surface area contributed by atoms with Gasteiger partial charge in [0.2, 0.25) is 5.88 Å². The molecule has 0 bridgehead atoms. The fourth-order valence-corrected chi connectivity index (χ4v) is 3.25. The average Bonchev–Trinajstić information content (AvgIpc) is 3.32. The largest absolute Gasteiger partial charge is 0.493 e. The van der Waals surface area contributed by atoms with Crippen molar-refractivity contribution >= 4 is 21.8 Å². The first kappa shape index (κ1) is 10.3. The zero-order valence-corrected chi connectivity index (χ0v) is 17.1. The van der Waals surface area contributed by atoms with E-state index >= 15 is 4.39 Å². The number of nitrogens with zero attached hydrogens (tertiary/aromatic N) is 3. The minimum absolute atomic E-state index is 0.0346. The van der Waals surface area contributed by atoms with Crippen molar-refractivity contribution in [1.29, 1.82) is 0 Å². The van der Waals surface area contributed by atoms with Gasteiger partial charge in [-0.3, -0.25) is 0 Å². The van der Waals surface area contributed by atoms with Crippen LogP contribution in [0.2, 0.25) is 0 Å². The molecule has 3 heterocycles. The summed E-state index contributed by atoms with van der Waals surface area (Å²) >= 11 is 0. The molecule has 1 saturated heterocycles. The third-order valence-corrected chi connectivity index (χ3v) is 4.71. The lowest BCUT2D eigenvalue weighted by molar-refractivity contribution is 0.254. The smallest absolute Gasteiger partial charge is 0.230 e. The van der Waals surface area contributed by atoms with Crippen LogP contribution in [0.4, 0.5) is 4.39 Å². The van der Waals surface area contributed by atoms with Crippen molar-refractivity contribution in [2.45, 2.75) is 26.1 Å². The maximum Gasteiger partial charge on any atom is 0.230 e. The van der Waals surface area contributed by atoms with E-state index in [2.05, 4.69) is 15.0 Å². The highest BCUT2D eigenvalue weighted by Gasteiger charge is 2.17. The summed E-state index contributed by atoms with van der Waals surface area (Å²) in [6.45, 7) is -12.2. The molecule has 172 valence electrons. The number of hydrogen-bond donors (Lipinski definition) is 1. The van der Waals surface area contributed by atoms with Gasteiger partial charge < -0.3 is 24.1 Å². The lowest BCUT2D eigenvalue weighted by Gasteiger charge is -2.16. The summed E-state index contributed by atoms with van der Waals surface area (Å²) in [5.41, 5.74) is 1.15. The van der Waals surface area contributed by atoms with Crippen molar-refractivity contribution in [2.24, 2.45) is 0 Å². The molecule has 2 aromatic carbocycles. The molecule has 1 aliphatic heterocycles. The maximum atomic E-state index is 15.3. The van der Waals surface area contributed by atoms with Crippen LogP contribution in [0.25, 0.3) is 21.8 Å². The van der Waals surface area contributed by atoms with Crippen molar-refractivity contribution in [3.05, 3.63) is 48.2 Å². The Labute approximate surface area is 212 Å². The second kappa shape index (κ2) is 9.23. The van der Waals surface area contributed by atoms with Crippen molar-refractivity contribution in [1.82, 2.24) is 19.9 Å². The highest BCUT2D eigenvalue weighted by molar-refractivity contribution is 5.87. The fourth-order valence-electron chi connectivity index (χ4n) is 3.25. The van der Waals surface area contributed by atoms with Gasteiger partial charge in [-0.1, -0.05) is 0 Å². The monoisotopic (exact) mass is 465 g/mol. The van der Waals surface area contributed by atoms with E-state index in [1.807, 2.05) is 0 Å². The predicted molar refractivity (Wildman–Crippen MR) is 125 cm³/mol. The molecular formula is C25H27FN4O3. The average molecular weight is 466 g/mol. The van der Waals surface area contributed by atoms with Crippen molar-refractivity contribution in [2.75, 3.05) is 33.1 Å². The Balaban J connectivity index is 1.52. The number of halogens is 1. The van der Waals surface area contributed by atoms with E-state index in [9.17, 15) is 0 Å². The number of methoxy groups -OCH3 is 1. The molecule has 2 aromatic heterocycles. The van der Waals surface area contributed by atoms with Crippen LogP contribution >= 0.6 is 0 Å². The van der Waals surface area contributed by atoms with Gasteiger partial charge in [-0.15, -0.1) is 0 Å². The summed E-state index contributed by atoms with van der Waals surface area (Å²) in [6, 6.07) is 6.48. The fraction of sp³-hybridized carbons (Fsp3) is 0.360. The lowest BCUT2D eigenvalue weighted by Crippen LogP contribution is -2.21. The van der Waals surface area contributed by atoms with Gasteiger partial charge >= 0.3 is 0 Å². The molecule has 0 spiro atoms. The molecule has 1 fully saturated rings. The van der Waals surface area contributed by atoms with Crippen molar-refractivity contribution < 1.29 is 39.2 Å². The molecule has 0 radical (unpaired) electrons. The first-order valence-corrected chi connectivity index (χ1v) is 9.65. The molecule has 0 aliphatic carbocycles. The minimum atomic E-state index is -3.62. The Morgan fingerprint density at radius 3 is 2.88 bits per heavy atom. The first-order valence-electron chi connectivity index (χ1n) is 17.1. The quantitative estimate of drug-likeness (QED) is 0.384. The molecule has 5 rings (SSSR count). The maximum absolute atomic E-state index is 15.3. The Hall–Kier alpha value is -3.39. The van der Waals surface area contributed by atoms with Crippen LogP contribution in [-0.2, 0) is 0 Å². The number of aromatic nitrogens is 3. The Morgan fingerprint density at radius 1 is 1.15 bits per heavy atom. The van der Waals surface area contributed by atoms with Gasteiger partial charge in [-0.05, 0) is 63.3 Å². The number of nitrogens with one attached hydrogen (secondary N) is 1. The van der Waals surface area contributed by atoms with Crippen LogP contribution in [0.3, 0.4) is 0 Å². The molecule has 33 heavy (non-hydrogen) atoms. The molecule has 4 aromatic rings. The summed E-state index contributed by atoms with van der Waals surface area (Å²) in [5.74, 6) is -2.53. The molecule has 0 saturated carbocycles. The van der Waals surface area contributed by atoms with Crippen LogP contribution in [0.1, 0.15) is 45.4 Å². The third kappa shape index (κ3) is 4.43. The predicted octanol–water partition coefficient (Wildman–Crippen LogP) is 5.22. The van der Waals surface area contributed by atoms with Crippen molar-refractivity contribution in [3.63, 3.8) is 0 Å². The van der Waals surface area contributed by atoms with Crippen LogP contribution < -0.4 is 14.2 Å². The molecule has 1 aliphatic rings. The van der Waals surface area contributed by atoms with E-state index < -0.39 is 69.6 Å². The third-order valence-electron chi connectivity index (χ3n) is 4.71. The van der Waals surface area contributed by atoms with Crippen molar-refractivity contribution in [3.8, 4) is 23.1 Å². The number of rotatable bonds is 8. The zero-order chi connectivity index (χ0) is 36.0. The van der Waals surface area contributed by atoms with Crippen LogP contribution in [0.15, 0.2) is 36.7 Å². The highest BCUT2D eigenvalue weighted by atomic mass is 19.1. The lowest BCUT2D eigenvalue weighted by atomic mass is 10.2. The number of likely N-dealkylation sites (tertiary alicyclic amines) is 1. The SMILES string of the molecule is [2H]C([2H])([2H])Oc1cc2c(Oc3ccc4[nH]c(C)cc4c3F)ncnc2cc1OC([2H])([2H])CC([2H])([2H])N1C([2H])([2H])C([2H])([2H])C([2H])([2H])C1([2H])[2H]. The van der Waals surface area contributed by atoms with Gasteiger partial charge in [0.25, 0.3) is 0 Å². The van der Waals surface area contributed by atoms with E-state index in [4.69, 9.17) is 34.8 Å². The van der Waals surface area contributed by atoms with E-state index in [0.29, 0.717) is 11.2 Å². The number of ether oxygens (including phenoxy) is 3. The normalized spacial score (nSPS) is 28.4. The second-order valence-corrected chi connectivity index (χ2v) is 6.88. The Kier molecular flexibility index (Phi) is 2.87. The Morgan fingerprint density at radius 2 is 2.03 bits per heavy atom. The van der Waals surface area contributed by atoms with Gasteiger partial charge in [-0.2, -0.15) is 0 Å². The number of aryl methyl sites for hydroxylation is 1. The van der Waals surface area contributed by atoms with Gasteiger partial charge in [0.15, 0.2) is 23.1 Å². The summed E-state index contributed by atoms with van der Waals surface area (Å²) in [6.07, 6.45) is -7.69. The summed E-state index contributed by atoms with van der Waals surface area (Å²) in [4.78, 5) is 10.7. The van der Waals surface area contributed by atoms with E-state index in [1.165, 1.54) is 6.07 Å². The van der Waals surface area contributed by atoms with Crippen LogP contribution in [-0.4, -0.2) is 52.9 Å². The summed E-state index contributed by atoms with van der Waals surface area (Å²) in [7, 11) is -3.15. The number of fused-ring (bicyclic) bond motifs is 2. The molecule has 8 heteroatoms. The summed E-state index contributed by atoms with van der Waals surface area (Å²) in [5, 5.41) is 0.197. The van der Waals surface area contributed by atoms with Crippen LogP contribution in [0, 0.1) is 12.7 Å². The highest BCUT2D eigenvalue weighted by Crippen LogP contribution is 2.37. The van der Waals surface area contributed by atoms with Gasteiger partial charge in [-0.25, -0.2) is 14.4 Å². The molecular weight excluding hydrogens is 423 g/mol. The van der Waals surface area contributed by atoms with Gasteiger partial charge in [0.05, 0.1) is 31.4 Å². The summed E-state index contributed by atoms with van der Waals surface area (Å²) < 4.78 is 152. The first-order chi connectivity index (χ1) is 21.7. The minimum Gasteiger partial charge on any atom is -0.493 e. The zero-order valence-electron chi connectivity index (χ0n) is 32.1. The van der Waals surface area contributed by atoms with E-state index in [1.54, 1.807) is 19.1 Å². The van der Waals surface area contributed by atoms with E-state index in [0.717, 1.165) is 18.5 Å². The van der Waals surface area contributed by atoms with Crippen LogP contribution in [0.5, 0.6) is 23.1 Å². The topological polar surface area (TPSA) is 72.5 Å². The standard InChI is InChI=1S/C25H27FN4O3/c1-16-12-17-19(29-16)6-7-21(24(17)26)33-25-18-13-22(31-2)23(14-20(18)27-15-28-25)32-11-5-10-30-8-3-4-9-30/h6-7,12-15,29H,3-5,8-11H2,1-2H3/i2D3,3D2,4D2,8D2,9D2,10D2,11D2. The van der Waals surface area contributed by atoms with Gasteiger partial charge in [0, 0.05) is 42.9 Å². The molecule has 1 N–H and O–H groups in total. The number of benzene rings is 2. The molecule has 0 amide bonds. The van der Waals surface area contributed by atoms with Gasteiger partial charge in [0.1, 0.15) is 6.33 Å². The number of H-pyrrole nitrogens is 1. The molecule has 7 nitrogen and oxygen atoms in total. The number of hydrogen-bond acceptors (Lipinski definition) is 6. The Bertz CT molecular complexity index is 1870. The molecule has 0 unspecified atom stereocenters. The number of aromatic amines is 1.